The van der Waals surface area contributed by atoms with Crippen LogP contribution in [0.25, 0.3) is 21.3 Å². The summed E-state index contributed by atoms with van der Waals surface area (Å²) in [5.74, 6) is 3.02. The lowest BCUT2D eigenvalue weighted by Crippen LogP contribution is -3.11. The highest BCUT2D eigenvalue weighted by molar-refractivity contribution is 7.17. The predicted octanol–water partition coefficient (Wildman–Crippen LogP) is 4.16. The van der Waals surface area contributed by atoms with Gasteiger partial charge in [0.25, 0.3) is 0 Å². The van der Waals surface area contributed by atoms with Gasteiger partial charge in [-0.25, -0.2) is 9.97 Å². The predicted molar refractivity (Wildman–Crippen MR) is 122 cm³/mol. The Hall–Kier alpha value is -1.98. The van der Waals surface area contributed by atoms with Crippen molar-refractivity contribution in [2.24, 2.45) is 5.92 Å². The van der Waals surface area contributed by atoms with Crippen molar-refractivity contribution in [3.05, 3.63) is 41.5 Å². The summed E-state index contributed by atoms with van der Waals surface area (Å²) >= 11 is 1.78. The van der Waals surface area contributed by atoms with Gasteiger partial charge in [-0.2, -0.15) is 0 Å². The van der Waals surface area contributed by atoms with Gasteiger partial charge in [0.2, 0.25) is 0 Å². The van der Waals surface area contributed by atoms with E-state index in [0.717, 1.165) is 36.2 Å². The zero-order valence-electron chi connectivity index (χ0n) is 17.4. The minimum Gasteiger partial charge on any atom is -0.356 e. The average molecular weight is 408 g/mol. The standard InChI is InChI=1S/C24H30N4S/c1-18-10-14-28(15-11-18)23-22-20(19-8-4-2-5-9-19)17-29-24(22)26-21(25-23)16-27-12-6-3-7-13-27/h2,4-5,8-9,17-18H,3,6-7,10-16H2,1H3/p+1. The summed E-state index contributed by atoms with van der Waals surface area (Å²) in [6.45, 7) is 8.07. The summed E-state index contributed by atoms with van der Waals surface area (Å²) in [5, 5.41) is 3.54. The van der Waals surface area contributed by atoms with E-state index in [0.29, 0.717) is 0 Å². The summed E-state index contributed by atoms with van der Waals surface area (Å²) in [6.07, 6.45) is 6.56. The quantitative estimate of drug-likeness (QED) is 0.705. The van der Waals surface area contributed by atoms with E-state index < -0.39 is 0 Å². The summed E-state index contributed by atoms with van der Waals surface area (Å²) in [4.78, 5) is 15.6. The molecule has 2 saturated heterocycles. The molecule has 2 aliphatic rings. The molecule has 2 aliphatic heterocycles. The van der Waals surface area contributed by atoms with E-state index in [2.05, 4.69) is 47.5 Å². The molecule has 0 bridgehead atoms. The van der Waals surface area contributed by atoms with E-state index in [4.69, 9.17) is 9.97 Å². The van der Waals surface area contributed by atoms with Crippen molar-refractivity contribution >= 4 is 27.4 Å². The van der Waals surface area contributed by atoms with Crippen LogP contribution in [0.5, 0.6) is 0 Å². The van der Waals surface area contributed by atoms with Crippen molar-refractivity contribution in [3.63, 3.8) is 0 Å². The minimum absolute atomic E-state index is 0.817. The van der Waals surface area contributed by atoms with Crippen LogP contribution in [0.1, 0.15) is 44.9 Å². The van der Waals surface area contributed by atoms with Crippen molar-refractivity contribution in [1.82, 2.24) is 9.97 Å². The number of piperidine rings is 2. The van der Waals surface area contributed by atoms with E-state index in [1.165, 1.54) is 67.5 Å². The van der Waals surface area contributed by atoms with Crippen molar-refractivity contribution in [1.29, 1.82) is 0 Å². The smallest absolute Gasteiger partial charge is 0.187 e. The van der Waals surface area contributed by atoms with Crippen LogP contribution in [0.3, 0.4) is 0 Å². The van der Waals surface area contributed by atoms with Gasteiger partial charge in [-0.05, 0) is 43.6 Å². The third-order valence-electron chi connectivity index (χ3n) is 6.60. The maximum Gasteiger partial charge on any atom is 0.187 e. The number of rotatable bonds is 4. The van der Waals surface area contributed by atoms with Crippen LogP contribution in [0.4, 0.5) is 5.82 Å². The second kappa shape index (κ2) is 8.41. The number of likely N-dealkylation sites (tertiary alicyclic amines) is 1. The summed E-state index contributed by atoms with van der Waals surface area (Å²) in [6, 6.07) is 10.7. The molecule has 4 nitrogen and oxygen atoms in total. The molecule has 0 unspecified atom stereocenters. The Morgan fingerprint density at radius 3 is 2.55 bits per heavy atom. The number of anilines is 1. The molecule has 5 rings (SSSR count). The molecule has 2 fully saturated rings. The van der Waals surface area contributed by atoms with Crippen LogP contribution in [-0.2, 0) is 6.54 Å². The topological polar surface area (TPSA) is 33.5 Å². The number of nitrogens with zero attached hydrogens (tertiary/aromatic N) is 3. The van der Waals surface area contributed by atoms with Crippen molar-refractivity contribution in [3.8, 4) is 11.1 Å². The second-order valence-electron chi connectivity index (χ2n) is 8.82. The molecule has 0 spiro atoms. The van der Waals surface area contributed by atoms with E-state index in [1.54, 1.807) is 16.2 Å². The molecule has 4 heterocycles. The van der Waals surface area contributed by atoms with E-state index in [-0.39, 0.29) is 0 Å². The molecule has 0 amide bonds. The van der Waals surface area contributed by atoms with Crippen molar-refractivity contribution in [2.75, 3.05) is 31.1 Å². The first-order valence-corrected chi connectivity index (χ1v) is 12.1. The molecule has 0 atom stereocenters. The maximum atomic E-state index is 5.20. The Bertz CT molecular complexity index is 954. The molecule has 0 saturated carbocycles. The number of benzene rings is 1. The number of hydrogen-bond acceptors (Lipinski definition) is 4. The van der Waals surface area contributed by atoms with Gasteiger partial charge in [-0.15, -0.1) is 11.3 Å². The van der Waals surface area contributed by atoms with Gasteiger partial charge in [0.15, 0.2) is 5.82 Å². The number of thiophene rings is 1. The first-order valence-electron chi connectivity index (χ1n) is 11.2. The first-order chi connectivity index (χ1) is 14.3. The normalized spacial score (nSPS) is 19.1. The van der Waals surface area contributed by atoms with E-state index in [1.807, 2.05) is 0 Å². The SMILES string of the molecule is CC1CCN(c2nc(C[NH+]3CCCCC3)nc3scc(-c4ccccc4)c23)CC1. The number of nitrogens with one attached hydrogen (secondary N) is 1. The monoisotopic (exact) mass is 407 g/mol. The molecule has 152 valence electrons. The molecule has 5 heteroatoms. The molecular formula is C24H31N4S+. The zero-order chi connectivity index (χ0) is 19.6. The molecule has 0 aliphatic carbocycles. The van der Waals surface area contributed by atoms with Crippen LogP contribution < -0.4 is 9.80 Å². The minimum atomic E-state index is 0.817. The lowest BCUT2D eigenvalue weighted by molar-refractivity contribution is -0.919. The lowest BCUT2D eigenvalue weighted by atomic mass is 9.98. The third-order valence-corrected chi connectivity index (χ3v) is 7.47. The number of aromatic nitrogens is 2. The number of hydrogen-bond donors (Lipinski definition) is 1. The fourth-order valence-corrected chi connectivity index (χ4v) is 5.74. The van der Waals surface area contributed by atoms with Crippen molar-refractivity contribution < 1.29 is 4.90 Å². The highest BCUT2D eigenvalue weighted by atomic mass is 32.1. The van der Waals surface area contributed by atoms with Crippen LogP contribution in [0.15, 0.2) is 35.7 Å². The van der Waals surface area contributed by atoms with Crippen LogP contribution in [0.2, 0.25) is 0 Å². The fourth-order valence-electron chi connectivity index (χ4n) is 4.78. The Kier molecular flexibility index (Phi) is 5.51. The van der Waals surface area contributed by atoms with Crippen LogP contribution in [-0.4, -0.2) is 36.1 Å². The van der Waals surface area contributed by atoms with E-state index >= 15 is 0 Å². The number of fused-ring (bicyclic) bond motifs is 1. The average Bonchev–Trinajstić information content (AvgIpc) is 3.19. The third kappa shape index (κ3) is 4.03. The molecule has 1 N–H and O–H groups in total. The van der Waals surface area contributed by atoms with Crippen molar-refractivity contribution in [2.45, 2.75) is 45.6 Å². The Balaban J connectivity index is 1.57. The van der Waals surface area contributed by atoms with Gasteiger partial charge < -0.3 is 9.80 Å². The largest absolute Gasteiger partial charge is 0.356 e. The molecule has 3 aromatic rings. The molecular weight excluding hydrogens is 376 g/mol. The second-order valence-corrected chi connectivity index (χ2v) is 9.67. The summed E-state index contributed by atoms with van der Waals surface area (Å²) in [7, 11) is 0. The lowest BCUT2D eigenvalue weighted by Gasteiger charge is -2.32. The van der Waals surface area contributed by atoms with Gasteiger partial charge in [0.05, 0.1) is 18.5 Å². The molecule has 1 aromatic carbocycles. The van der Waals surface area contributed by atoms with Gasteiger partial charge in [-0.3, -0.25) is 0 Å². The molecule has 0 radical (unpaired) electrons. The van der Waals surface area contributed by atoms with Gasteiger partial charge in [0.1, 0.15) is 17.2 Å². The Labute approximate surface area is 177 Å². The van der Waals surface area contributed by atoms with Crippen LogP contribution in [0, 0.1) is 5.92 Å². The van der Waals surface area contributed by atoms with E-state index in [9.17, 15) is 0 Å². The molecule has 2 aromatic heterocycles. The summed E-state index contributed by atoms with van der Waals surface area (Å²) < 4.78 is 0. The molecule has 29 heavy (non-hydrogen) atoms. The fraction of sp³-hybridized carbons (Fsp3) is 0.500. The van der Waals surface area contributed by atoms with Gasteiger partial charge in [-0.1, -0.05) is 37.3 Å². The van der Waals surface area contributed by atoms with Gasteiger partial charge >= 0.3 is 0 Å². The van der Waals surface area contributed by atoms with Crippen LogP contribution >= 0.6 is 11.3 Å². The Morgan fingerprint density at radius 1 is 1.03 bits per heavy atom. The highest BCUT2D eigenvalue weighted by Gasteiger charge is 2.24. The summed E-state index contributed by atoms with van der Waals surface area (Å²) in [5.41, 5.74) is 2.56. The zero-order valence-corrected chi connectivity index (χ0v) is 18.2. The first kappa shape index (κ1) is 19.0. The Morgan fingerprint density at radius 2 is 1.79 bits per heavy atom. The maximum absolute atomic E-state index is 5.20. The van der Waals surface area contributed by atoms with Gasteiger partial charge in [0, 0.05) is 24.0 Å². The number of quaternary nitrogens is 1. The highest BCUT2D eigenvalue weighted by Crippen LogP contribution is 2.39.